The number of nitrogens with one attached hydrogen (secondary N) is 1. The minimum Gasteiger partial charge on any atom is -0.398 e. The van der Waals surface area contributed by atoms with Gasteiger partial charge in [0.25, 0.3) is 0 Å². The molecule has 0 spiro atoms. The number of carbonyl (C=O) groups excluding carboxylic acids is 1. The standard InChI is InChI=1S/C12H15ClN2O/c13-9-1-2-11(14)10(7-9)12(16)8-3-5-15-6-4-8/h1-2,7-8,15H,3-6,14H2. The van der Waals surface area contributed by atoms with Crippen LogP contribution in [0.2, 0.25) is 5.02 Å². The fraction of sp³-hybridized carbons (Fsp3) is 0.417. The van der Waals surface area contributed by atoms with Gasteiger partial charge in [0.1, 0.15) is 0 Å². The van der Waals surface area contributed by atoms with Gasteiger partial charge in [-0.25, -0.2) is 0 Å². The number of rotatable bonds is 2. The molecular weight excluding hydrogens is 224 g/mol. The molecule has 1 aliphatic rings. The minimum absolute atomic E-state index is 0.0852. The first-order valence-corrected chi connectivity index (χ1v) is 5.86. The number of carbonyl (C=O) groups is 1. The number of hydrogen-bond acceptors (Lipinski definition) is 3. The number of halogens is 1. The molecule has 1 aliphatic heterocycles. The Morgan fingerprint density at radius 1 is 1.38 bits per heavy atom. The lowest BCUT2D eigenvalue weighted by Gasteiger charge is -2.22. The van der Waals surface area contributed by atoms with Crippen LogP contribution < -0.4 is 11.1 Å². The summed E-state index contributed by atoms with van der Waals surface area (Å²) in [4.78, 5) is 12.2. The first-order valence-electron chi connectivity index (χ1n) is 5.48. The molecule has 1 aromatic carbocycles. The lowest BCUT2D eigenvalue weighted by Crippen LogP contribution is -2.32. The van der Waals surface area contributed by atoms with Gasteiger partial charge in [0.15, 0.2) is 5.78 Å². The van der Waals surface area contributed by atoms with Crippen molar-refractivity contribution >= 4 is 23.1 Å². The van der Waals surface area contributed by atoms with E-state index in [-0.39, 0.29) is 11.7 Å². The Bertz CT molecular complexity index is 400. The molecular formula is C12H15ClN2O. The van der Waals surface area contributed by atoms with E-state index in [0.717, 1.165) is 25.9 Å². The normalized spacial score (nSPS) is 17.3. The quantitative estimate of drug-likeness (QED) is 0.613. The van der Waals surface area contributed by atoms with Gasteiger partial charge in [0.2, 0.25) is 0 Å². The van der Waals surface area contributed by atoms with Crippen molar-refractivity contribution in [2.45, 2.75) is 12.8 Å². The summed E-state index contributed by atoms with van der Waals surface area (Å²) < 4.78 is 0. The fourth-order valence-electron chi connectivity index (χ4n) is 2.05. The fourth-order valence-corrected chi connectivity index (χ4v) is 2.22. The Morgan fingerprint density at radius 3 is 2.75 bits per heavy atom. The van der Waals surface area contributed by atoms with E-state index in [4.69, 9.17) is 17.3 Å². The molecule has 4 heteroatoms. The zero-order valence-corrected chi connectivity index (χ0v) is 9.76. The van der Waals surface area contributed by atoms with Gasteiger partial charge in [-0.15, -0.1) is 0 Å². The Morgan fingerprint density at radius 2 is 2.06 bits per heavy atom. The first kappa shape index (κ1) is 11.4. The van der Waals surface area contributed by atoms with Crippen LogP contribution in [0.3, 0.4) is 0 Å². The maximum Gasteiger partial charge on any atom is 0.168 e. The van der Waals surface area contributed by atoms with Gasteiger partial charge in [-0.3, -0.25) is 4.79 Å². The average molecular weight is 239 g/mol. The molecule has 0 saturated carbocycles. The maximum absolute atomic E-state index is 12.2. The van der Waals surface area contributed by atoms with Gasteiger partial charge in [-0.2, -0.15) is 0 Å². The van der Waals surface area contributed by atoms with E-state index in [1.165, 1.54) is 0 Å². The summed E-state index contributed by atoms with van der Waals surface area (Å²) in [5.41, 5.74) is 6.89. The van der Waals surface area contributed by atoms with Crippen molar-refractivity contribution in [1.82, 2.24) is 5.32 Å². The van der Waals surface area contributed by atoms with Crippen molar-refractivity contribution in [3.63, 3.8) is 0 Å². The van der Waals surface area contributed by atoms with E-state index >= 15 is 0 Å². The van der Waals surface area contributed by atoms with Crippen LogP contribution in [0.5, 0.6) is 0 Å². The molecule has 0 atom stereocenters. The predicted molar refractivity (Wildman–Crippen MR) is 65.8 cm³/mol. The van der Waals surface area contributed by atoms with Gasteiger partial charge in [0, 0.05) is 22.2 Å². The Kier molecular flexibility index (Phi) is 3.46. The molecule has 0 aromatic heterocycles. The summed E-state index contributed by atoms with van der Waals surface area (Å²) in [5.74, 6) is 0.212. The van der Waals surface area contributed by atoms with Crippen LogP contribution in [-0.4, -0.2) is 18.9 Å². The number of ketones is 1. The van der Waals surface area contributed by atoms with Crippen LogP contribution in [-0.2, 0) is 0 Å². The monoisotopic (exact) mass is 238 g/mol. The maximum atomic E-state index is 12.2. The van der Waals surface area contributed by atoms with Crippen LogP contribution in [0.4, 0.5) is 5.69 Å². The second-order valence-corrected chi connectivity index (χ2v) is 4.56. The third-order valence-corrected chi connectivity index (χ3v) is 3.23. The van der Waals surface area contributed by atoms with Gasteiger partial charge in [0.05, 0.1) is 0 Å². The van der Waals surface area contributed by atoms with Crippen molar-refractivity contribution in [2.24, 2.45) is 5.92 Å². The number of nitrogens with two attached hydrogens (primary N) is 1. The predicted octanol–water partition coefficient (Wildman–Crippen LogP) is 2.10. The molecule has 0 radical (unpaired) electrons. The highest BCUT2D eigenvalue weighted by molar-refractivity contribution is 6.31. The summed E-state index contributed by atoms with van der Waals surface area (Å²) in [6, 6.07) is 5.06. The molecule has 3 N–H and O–H groups in total. The second kappa shape index (κ2) is 4.85. The van der Waals surface area contributed by atoms with E-state index < -0.39 is 0 Å². The molecule has 86 valence electrons. The van der Waals surface area contributed by atoms with Gasteiger partial charge < -0.3 is 11.1 Å². The number of nitrogen functional groups attached to an aromatic ring is 1. The third-order valence-electron chi connectivity index (χ3n) is 2.99. The molecule has 1 aromatic rings. The molecule has 2 rings (SSSR count). The van der Waals surface area contributed by atoms with Crippen LogP contribution in [0, 0.1) is 5.92 Å². The average Bonchev–Trinajstić information content (AvgIpc) is 2.32. The zero-order valence-electron chi connectivity index (χ0n) is 9.00. The van der Waals surface area contributed by atoms with Gasteiger partial charge in [-0.1, -0.05) is 11.6 Å². The van der Waals surface area contributed by atoms with Crippen molar-refractivity contribution in [3.05, 3.63) is 28.8 Å². The second-order valence-electron chi connectivity index (χ2n) is 4.12. The number of hydrogen-bond donors (Lipinski definition) is 2. The topological polar surface area (TPSA) is 55.1 Å². The number of benzene rings is 1. The summed E-state index contributed by atoms with van der Waals surface area (Å²) in [6.45, 7) is 1.80. The molecule has 3 nitrogen and oxygen atoms in total. The number of Topliss-reactive ketones (excluding diaryl/α,β-unsaturated/α-hetero) is 1. The van der Waals surface area contributed by atoms with E-state index in [2.05, 4.69) is 5.32 Å². The Hall–Kier alpha value is -1.06. The highest BCUT2D eigenvalue weighted by atomic mass is 35.5. The Labute approximate surface area is 100.0 Å². The minimum atomic E-state index is 0.0852. The molecule has 1 fully saturated rings. The SMILES string of the molecule is Nc1ccc(Cl)cc1C(=O)C1CCNCC1. The molecule has 0 unspecified atom stereocenters. The van der Waals surface area contributed by atoms with E-state index in [9.17, 15) is 4.79 Å². The highest BCUT2D eigenvalue weighted by Crippen LogP contribution is 2.24. The first-order chi connectivity index (χ1) is 7.68. The smallest absolute Gasteiger partial charge is 0.168 e. The van der Waals surface area contributed by atoms with E-state index in [1.807, 2.05) is 0 Å². The molecule has 1 saturated heterocycles. The molecule has 0 aliphatic carbocycles. The Balaban J connectivity index is 2.22. The largest absolute Gasteiger partial charge is 0.398 e. The molecule has 0 bridgehead atoms. The molecule has 16 heavy (non-hydrogen) atoms. The van der Waals surface area contributed by atoms with Gasteiger partial charge in [-0.05, 0) is 44.1 Å². The highest BCUT2D eigenvalue weighted by Gasteiger charge is 2.23. The van der Waals surface area contributed by atoms with Crippen molar-refractivity contribution < 1.29 is 4.79 Å². The summed E-state index contributed by atoms with van der Waals surface area (Å²) >= 11 is 5.88. The number of anilines is 1. The van der Waals surface area contributed by atoms with Gasteiger partial charge >= 0.3 is 0 Å². The summed E-state index contributed by atoms with van der Waals surface area (Å²) in [6.07, 6.45) is 1.76. The lowest BCUT2D eigenvalue weighted by molar-refractivity contribution is 0.0896. The molecule has 0 amide bonds. The summed E-state index contributed by atoms with van der Waals surface area (Å²) in [5, 5.41) is 3.80. The summed E-state index contributed by atoms with van der Waals surface area (Å²) in [7, 11) is 0. The van der Waals surface area contributed by atoms with E-state index in [0.29, 0.717) is 16.3 Å². The zero-order chi connectivity index (χ0) is 11.5. The van der Waals surface area contributed by atoms with Crippen LogP contribution >= 0.6 is 11.6 Å². The third kappa shape index (κ3) is 2.36. The lowest BCUT2D eigenvalue weighted by atomic mass is 9.89. The van der Waals surface area contributed by atoms with Crippen molar-refractivity contribution in [3.8, 4) is 0 Å². The van der Waals surface area contributed by atoms with Crippen LogP contribution in [0.1, 0.15) is 23.2 Å². The van der Waals surface area contributed by atoms with Crippen LogP contribution in [0.25, 0.3) is 0 Å². The molecule has 1 heterocycles. The van der Waals surface area contributed by atoms with Crippen molar-refractivity contribution in [2.75, 3.05) is 18.8 Å². The number of piperidine rings is 1. The van der Waals surface area contributed by atoms with Crippen LogP contribution in [0.15, 0.2) is 18.2 Å². The van der Waals surface area contributed by atoms with Crippen molar-refractivity contribution in [1.29, 1.82) is 0 Å². The van der Waals surface area contributed by atoms with E-state index in [1.54, 1.807) is 18.2 Å².